The number of ketones is 2. The summed E-state index contributed by atoms with van der Waals surface area (Å²) in [6.07, 6.45) is 0.423. The highest BCUT2D eigenvalue weighted by atomic mass is 35.5. The van der Waals surface area contributed by atoms with Crippen LogP contribution in [-0.4, -0.2) is 69.9 Å². The maximum absolute atomic E-state index is 12.6. The largest absolute Gasteiger partial charge is 0.478 e. The molecule has 16 heteroatoms. The number of rotatable bonds is 12. The second-order valence-electron chi connectivity index (χ2n) is 12.6. The third-order valence-corrected chi connectivity index (χ3v) is 8.50. The number of epoxide rings is 1. The minimum atomic E-state index is -0.956. The molecule has 7 rings (SSSR count). The molecule has 1 aliphatic heterocycles. The molecule has 0 bridgehead atoms. The zero-order valence-electron chi connectivity index (χ0n) is 33.4. The van der Waals surface area contributed by atoms with Gasteiger partial charge in [-0.25, -0.2) is 19.2 Å². The van der Waals surface area contributed by atoms with Gasteiger partial charge < -0.3 is 19.5 Å². The molecule has 1 heterocycles. The average molecular weight is 904 g/mol. The fraction of sp³-hybridized carbons (Fsp3) is 0.0417. The van der Waals surface area contributed by atoms with Crippen LogP contribution in [0.15, 0.2) is 193 Å². The number of aromatic carboxylic acids is 1. The van der Waals surface area contributed by atoms with Crippen LogP contribution in [-0.2, 0) is 28.9 Å². The minimum absolute atomic E-state index is 0.0667. The highest BCUT2D eigenvalue weighted by molar-refractivity contribution is 6.52. The molecule has 1 fully saturated rings. The number of Topliss-reactive ketones (excluding diaryl/α,β-unsaturated/α-hetero) is 2. The monoisotopic (exact) mass is 902 g/mol. The van der Waals surface area contributed by atoms with Crippen LogP contribution in [0.5, 0.6) is 0 Å². The summed E-state index contributed by atoms with van der Waals surface area (Å²) in [5.74, 6) is -3.71. The van der Waals surface area contributed by atoms with Gasteiger partial charge in [0, 0.05) is 38.4 Å². The molecule has 6 aromatic rings. The first-order valence-electron chi connectivity index (χ1n) is 18.6. The third-order valence-electron chi connectivity index (χ3n) is 8.03. The first kappa shape index (κ1) is 48.8. The molecule has 1 atom stereocenters. The number of nitrogens with zero attached hydrogens (tertiary/aromatic N) is 2. The number of ether oxygens (including phenoxy) is 1. The SMILES string of the molecule is C=CC(=O)ON=C(C(=O)c1ccccc1)c1ccccc1.O=C(C(=NOC(=O)C1CO1)c1ccccc1)c1ccccc1.O=C(O)c1cccc(Cl)c1.O=C(OO)c1cccc(Cl)c1. The number of carbonyl (C=O) groups excluding carboxylic acids is 5. The molecule has 0 aromatic heterocycles. The fourth-order valence-corrected chi connectivity index (χ4v) is 5.23. The van der Waals surface area contributed by atoms with E-state index in [0.717, 1.165) is 6.08 Å². The van der Waals surface area contributed by atoms with E-state index in [2.05, 4.69) is 26.6 Å². The van der Waals surface area contributed by atoms with E-state index in [1.165, 1.54) is 24.3 Å². The quantitative estimate of drug-likeness (QED) is 0.0224. The molecule has 1 unspecified atom stereocenters. The lowest BCUT2D eigenvalue weighted by Gasteiger charge is -2.05. The predicted octanol–water partition coefficient (Wildman–Crippen LogP) is 9.23. The van der Waals surface area contributed by atoms with Gasteiger partial charge in [-0.1, -0.05) is 174 Å². The van der Waals surface area contributed by atoms with Crippen LogP contribution >= 0.6 is 23.2 Å². The Morgan fingerprint density at radius 1 is 0.562 bits per heavy atom. The molecule has 0 radical (unpaired) electrons. The maximum Gasteiger partial charge on any atom is 0.372 e. The summed E-state index contributed by atoms with van der Waals surface area (Å²) in [4.78, 5) is 81.7. The summed E-state index contributed by atoms with van der Waals surface area (Å²) < 4.78 is 4.82. The molecule has 64 heavy (non-hydrogen) atoms. The molecular formula is C48H36Cl2N2O12. The van der Waals surface area contributed by atoms with Crippen molar-refractivity contribution in [1.82, 2.24) is 0 Å². The van der Waals surface area contributed by atoms with Crippen molar-refractivity contribution < 1.29 is 58.4 Å². The Morgan fingerprint density at radius 2 is 0.938 bits per heavy atom. The van der Waals surface area contributed by atoms with Crippen LogP contribution < -0.4 is 0 Å². The Morgan fingerprint density at radius 3 is 1.30 bits per heavy atom. The first-order valence-corrected chi connectivity index (χ1v) is 19.4. The van der Waals surface area contributed by atoms with Gasteiger partial charge in [-0.2, -0.15) is 5.26 Å². The Kier molecular flexibility index (Phi) is 19.7. The highest BCUT2D eigenvalue weighted by Gasteiger charge is 2.34. The van der Waals surface area contributed by atoms with Gasteiger partial charge in [0.15, 0.2) is 17.5 Å². The van der Waals surface area contributed by atoms with Gasteiger partial charge in [0.1, 0.15) is 0 Å². The molecule has 0 aliphatic carbocycles. The van der Waals surface area contributed by atoms with Gasteiger partial charge >= 0.3 is 23.9 Å². The van der Waals surface area contributed by atoms with Crippen molar-refractivity contribution in [2.24, 2.45) is 10.3 Å². The lowest BCUT2D eigenvalue weighted by atomic mass is 10.0. The number of benzene rings is 6. The topological polar surface area (TPSA) is 208 Å². The summed E-state index contributed by atoms with van der Waals surface area (Å²) in [5, 5.41) is 24.8. The lowest BCUT2D eigenvalue weighted by Crippen LogP contribution is -2.18. The number of hydrogen-bond donors (Lipinski definition) is 2. The Bertz CT molecular complexity index is 2600. The Hall–Kier alpha value is -7.88. The van der Waals surface area contributed by atoms with Crippen LogP contribution in [0, 0.1) is 0 Å². The van der Waals surface area contributed by atoms with Crippen LogP contribution in [0.3, 0.4) is 0 Å². The third kappa shape index (κ3) is 16.2. The first-order chi connectivity index (χ1) is 30.9. The Labute approximate surface area is 376 Å². The van der Waals surface area contributed by atoms with Crippen LogP contribution in [0.2, 0.25) is 10.0 Å². The smallest absolute Gasteiger partial charge is 0.372 e. The summed E-state index contributed by atoms with van der Waals surface area (Å²) >= 11 is 11.1. The summed E-state index contributed by atoms with van der Waals surface area (Å²) in [6, 6.07) is 47.3. The van der Waals surface area contributed by atoms with Crippen molar-refractivity contribution >= 4 is 70.1 Å². The summed E-state index contributed by atoms with van der Waals surface area (Å²) in [7, 11) is 0. The normalized spacial score (nSPS) is 12.4. The van der Waals surface area contributed by atoms with E-state index in [4.69, 9.17) is 43.1 Å². The lowest BCUT2D eigenvalue weighted by molar-refractivity contribution is -0.182. The van der Waals surface area contributed by atoms with E-state index in [1.54, 1.807) is 121 Å². The van der Waals surface area contributed by atoms with Crippen molar-refractivity contribution in [3.05, 3.63) is 226 Å². The number of halogens is 2. The van der Waals surface area contributed by atoms with Gasteiger partial charge in [-0.15, -0.1) is 0 Å². The van der Waals surface area contributed by atoms with E-state index >= 15 is 0 Å². The molecule has 2 N–H and O–H groups in total. The van der Waals surface area contributed by atoms with Crippen LogP contribution in [0.4, 0.5) is 0 Å². The molecule has 1 saturated heterocycles. The average Bonchev–Trinajstić information content (AvgIpc) is 4.19. The second-order valence-corrected chi connectivity index (χ2v) is 13.4. The van der Waals surface area contributed by atoms with Gasteiger partial charge in [0.05, 0.1) is 17.7 Å². The second kappa shape index (κ2) is 25.8. The van der Waals surface area contributed by atoms with Crippen LogP contribution in [0.1, 0.15) is 52.6 Å². The van der Waals surface area contributed by atoms with E-state index in [9.17, 15) is 28.8 Å². The molecule has 0 spiro atoms. The van der Waals surface area contributed by atoms with Crippen molar-refractivity contribution in [3.8, 4) is 0 Å². The molecule has 14 nitrogen and oxygen atoms in total. The van der Waals surface area contributed by atoms with Gasteiger partial charge in [-0.3, -0.25) is 14.5 Å². The van der Waals surface area contributed by atoms with Gasteiger partial charge in [0.2, 0.25) is 11.6 Å². The van der Waals surface area contributed by atoms with Crippen molar-refractivity contribution in [1.29, 1.82) is 0 Å². The van der Waals surface area contributed by atoms with Crippen molar-refractivity contribution in [2.75, 3.05) is 6.61 Å². The Balaban J connectivity index is 0.000000198. The van der Waals surface area contributed by atoms with E-state index in [0.29, 0.717) is 38.9 Å². The van der Waals surface area contributed by atoms with E-state index in [-0.39, 0.29) is 34.1 Å². The van der Waals surface area contributed by atoms with Crippen molar-refractivity contribution in [2.45, 2.75) is 6.10 Å². The molecule has 6 aromatic carbocycles. The number of hydrogen-bond acceptors (Lipinski definition) is 13. The zero-order valence-corrected chi connectivity index (χ0v) is 34.9. The maximum atomic E-state index is 12.6. The standard InChI is InChI=1S/C17H13NO4.C17H13NO3.C7H5ClO3.C7H5ClO2/c19-16(13-9-5-2-6-10-13)15(12-7-3-1-4-8-12)18-22-17(20)14-11-21-14;1-2-15(19)21-18-16(13-9-5-3-6-10-13)17(20)14-11-7-4-8-12-14;8-6-3-1-2-5(4-6)7(9)11-10;8-6-3-1-2-5(4-6)7(9)10/h1-10,14H,11H2;2-12H,1H2;1-4,10H;1-4H,(H,9,10). The van der Waals surface area contributed by atoms with Gasteiger partial charge in [0.25, 0.3) is 0 Å². The number of carboxylic acids is 1. The molecule has 0 amide bonds. The van der Waals surface area contributed by atoms with E-state index < -0.39 is 30.0 Å². The highest BCUT2D eigenvalue weighted by Crippen LogP contribution is 2.15. The predicted molar refractivity (Wildman–Crippen MR) is 238 cm³/mol. The number of oxime groups is 2. The van der Waals surface area contributed by atoms with Gasteiger partial charge in [-0.05, 0) is 36.4 Å². The summed E-state index contributed by atoms with van der Waals surface area (Å²) in [5.41, 5.74) is 2.69. The minimum Gasteiger partial charge on any atom is -0.478 e. The number of carboxylic acid groups (broad SMARTS) is 1. The fourth-order valence-electron chi connectivity index (χ4n) is 4.85. The molecule has 324 valence electrons. The zero-order chi connectivity index (χ0) is 46.3. The summed E-state index contributed by atoms with van der Waals surface area (Å²) in [6.45, 7) is 3.62. The molecule has 0 saturated carbocycles. The van der Waals surface area contributed by atoms with E-state index in [1.807, 2.05) is 24.3 Å². The van der Waals surface area contributed by atoms with Crippen LogP contribution in [0.25, 0.3) is 0 Å². The molecular weight excluding hydrogens is 867 g/mol. The van der Waals surface area contributed by atoms with Crippen molar-refractivity contribution in [3.63, 3.8) is 0 Å². The number of carbonyl (C=O) groups is 6. The molecule has 1 aliphatic rings.